The largest absolute Gasteiger partial charge is 0.293 e. The molecule has 4 aromatic carbocycles. The first-order chi connectivity index (χ1) is 17.1. The van der Waals surface area contributed by atoms with E-state index in [0.29, 0.717) is 0 Å². The van der Waals surface area contributed by atoms with Crippen LogP contribution in [-0.4, -0.2) is 21.6 Å². The molecule has 5 nitrogen and oxygen atoms in total. The number of carbonyl (C=O) groups is 1. The van der Waals surface area contributed by atoms with E-state index in [4.69, 9.17) is 0 Å². The molecule has 1 unspecified atom stereocenters. The molecule has 0 N–H and O–H groups in total. The van der Waals surface area contributed by atoms with Gasteiger partial charge in [-0.05, 0) is 28.3 Å². The van der Waals surface area contributed by atoms with E-state index >= 15 is 0 Å². The van der Waals surface area contributed by atoms with Crippen molar-refractivity contribution in [3.8, 4) is 0 Å². The molecule has 0 aliphatic carbocycles. The van der Waals surface area contributed by atoms with Crippen molar-refractivity contribution in [3.63, 3.8) is 0 Å². The lowest BCUT2D eigenvalue weighted by Gasteiger charge is -2.21. The van der Waals surface area contributed by atoms with Crippen LogP contribution in [0.25, 0.3) is 6.08 Å². The van der Waals surface area contributed by atoms with Gasteiger partial charge in [-0.15, -0.1) is 0 Å². The second-order valence-electron chi connectivity index (χ2n) is 8.56. The normalized spacial score (nSPS) is 19.1. The number of hydrogen-bond acceptors (Lipinski definition) is 4. The predicted molar refractivity (Wildman–Crippen MR) is 137 cm³/mol. The van der Waals surface area contributed by atoms with Crippen LogP contribution in [0.2, 0.25) is 0 Å². The number of benzene rings is 4. The molecule has 0 amide bonds. The summed E-state index contributed by atoms with van der Waals surface area (Å²) in [5.41, 5.74) is 4.07. The molecular formula is C30H24N2O3. The minimum Gasteiger partial charge on any atom is -0.293 e. The summed E-state index contributed by atoms with van der Waals surface area (Å²) >= 11 is 0. The Morgan fingerprint density at radius 2 is 1.29 bits per heavy atom. The zero-order valence-electron chi connectivity index (χ0n) is 19.0. The van der Waals surface area contributed by atoms with Crippen LogP contribution in [0.15, 0.2) is 121 Å². The third-order valence-corrected chi connectivity index (χ3v) is 6.36. The summed E-state index contributed by atoms with van der Waals surface area (Å²) < 4.78 is 0. The minimum absolute atomic E-state index is 0.00840. The topological polar surface area (TPSA) is 63.2 Å². The number of nitro benzene ring substituents is 1. The van der Waals surface area contributed by atoms with Crippen LogP contribution >= 0.6 is 0 Å². The number of ketones is 1. The van der Waals surface area contributed by atoms with E-state index < -0.39 is 4.92 Å². The van der Waals surface area contributed by atoms with Gasteiger partial charge in [-0.25, -0.2) is 0 Å². The lowest BCUT2D eigenvalue weighted by atomic mass is 9.98. The Labute approximate surface area is 204 Å². The number of non-ortho nitro benzene ring substituents is 1. The van der Waals surface area contributed by atoms with Crippen LogP contribution in [0.5, 0.6) is 0 Å². The Morgan fingerprint density at radius 1 is 0.771 bits per heavy atom. The molecule has 0 radical (unpaired) electrons. The molecule has 0 bridgehead atoms. The molecule has 172 valence electrons. The third-order valence-electron chi connectivity index (χ3n) is 6.36. The first-order valence-corrected chi connectivity index (χ1v) is 11.5. The summed E-state index contributed by atoms with van der Waals surface area (Å²) in [6, 6.07) is 35.8. The summed E-state index contributed by atoms with van der Waals surface area (Å²) in [5.74, 6) is 0.00840. The molecule has 0 saturated carbocycles. The predicted octanol–water partition coefficient (Wildman–Crippen LogP) is 6.39. The molecule has 0 aromatic heterocycles. The standard InChI is InChI=1S/C30H24N2O3/c33-27(21-16-22-10-4-1-5-11-22)30-29(25-17-19-26(20-18-25)32(34)35)31(30)28(23-12-6-2-7-13-23)24-14-8-3-9-15-24/h1-21,28-30H/b21-16+/t29-,30+,31?/m1/s1. The molecule has 1 aliphatic heterocycles. The van der Waals surface area contributed by atoms with Crippen LogP contribution in [-0.2, 0) is 4.79 Å². The van der Waals surface area contributed by atoms with Crippen molar-refractivity contribution < 1.29 is 9.72 Å². The number of rotatable bonds is 8. The Bertz CT molecular complexity index is 1300. The first-order valence-electron chi connectivity index (χ1n) is 11.5. The molecule has 35 heavy (non-hydrogen) atoms. The van der Waals surface area contributed by atoms with Crippen molar-refractivity contribution in [2.24, 2.45) is 0 Å². The zero-order valence-corrected chi connectivity index (χ0v) is 19.0. The molecule has 1 saturated heterocycles. The molecule has 5 rings (SSSR count). The second kappa shape index (κ2) is 9.87. The maximum Gasteiger partial charge on any atom is 0.269 e. The van der Waals surface area contributed by atoms with Crippen molar-refractivity contribution in [2.45, 2.75) is 18.1 Å². The van der Waals surface area contributed by atoms with E-state index in [2.05, 4.69) is 29.2 Å². The quantitative estimate of drug-likeness (QED) is 0.132. The monoisotopic (exact) mass is 460 g/mol. The van der Waals surface area contributed by atoms with E-state index in [-0.39, 0.29) is 29.6 Å². The van der Waals surface area contributed by atoms with Crippen LogP contribution in [0, 0.1) is 10.1 Å². The molecule has 3 atom stereocenters. The highest BCUT2D eigenvalue weighted by Gasteiger charge is 2.56. The van der Waals surface area contributed by atoms with Crippen LogP contribution in [0.3, 0.4) is 0 Å². The van der Waals surface area contributed by atoms with Gasteiger partial charge in [-0.1, -0.05) is 109 Å². The fraction of sp³-hybridized carbons (Fsp3) is 0.100. The van der Waals surface area contributed by atoms with Gasteiger partial charge in [-0.2, -0.15) is 0 Å². The summed E-state index contributed by atoms with van der Waals surface area (Å²) in [6.07, 6.45) is 3.48. The maximum absolute atomic E-state index is 13.5. The molecule has 4 aromatic rings. The Morgan fingerprint density at radius 3 is 1.80 bits per heavy atom. The summed E-state index contributed by atoms with van der Waals surface area (Å²) in [5, 5.41) is 11.2. The number of nitro groups is 1. The molecule has 5 heteroatoms. The average Bonchev–Trinajstić information content (AvgIpc) is 3.64. The zero-order chi connectivity index (χ0) is 24.2. The highest BCUT2D eigenvalue weighted by molar-refractivity contribution is 6.00. The van der Waals surface area contributed by atoms with Gasteiger partial charge >= 0.3 is 0 Å². The van der Waals surface area contributed by atoms with Gasteiger partial charge in [0.15, 0.2) is 5.78 Å². The average molecular weight is 461 g/mol. The molecule has 1 heterocycles. The molecule has 1 aliphatic rings. The van der Waals surface area contributed by atoms with Crippen LogP contribution < -0.4 is 0 Å². The summed E-state index contributed by atoms with van der Waals surface area (Å²) in [4.78, 5) is 26.4. The highest BCUT2D eigenvalue weighted by atomic mass is 16.6. The minimum atomic E-state index is -0.406. The fourth-order valence-electron chi connectivity index (χ4n) is 4.67. The lowest BCUT2D eigenvalue weighted by molar-refractivity contribution is -0.384. The number of hydrogen-bond donors (Lipinski definition) is 0. The molecular weight excluding hydrogens is 436 g/mol. The van der Waals surface area contributed by atoms with Gasteiger partial charge in [0, 0.05) is 12.1 Å². The van der Waals surface area contributed by atoms with E-state index in [9.17, 15) is 14.9 Å². The van der Waals surface area contributed by atoms with Crippen molar-refractivity contribution in [2.75, 3.05) is 0 Å². The van der Waals surface area contributed by atoms with Gasteiger partial charge in [0.2, 0.25) is 0 Å². The van der Waals surface area contributed by atoms with Crippen molar-refractivity contribution in [1.82, 2.24) is 4.90 Å². The SMILES string of the molecule is O=C(/C=C/c1ccccc1)[C@H]1[C@@H](c2ccc([N+](=O)[O-])cc2)N1C(c1ccccc1)c1ccccc1. The number of nitrogens with zero attached hydrogens (tertiary/aromatic N) is 2. The van der Waals surface area contributed by atoms with Crippen molar-refractivity contribution in [1.29, 1.82) is 0 Å². The number of carbonyl (C=O) groups excluding carboxylic acids is 1. The van der Waals surface area contributed by atoms with Gasteiger partial charge < -0.3 is 0 Å². The van der Waals surface area contributed by atoms with E-state index in [1.54, 1.807) is 18.2 Å². The Kier molecular flexibility index (Phi) is 6.33. The van der Waals surface area contributed by atoms with Gasteiger partial charge in [0.1, 0.15) is 0 Å². The first kappa shape index (κ1) is 22.4. The lowest BCUT2D eigenvalue weighted by Crippen LogP contribution is -2.17. The van der Waals surface area contributed by atoms with Crippen LogP contribution in [0.1, 0.15) is 34.3 Å². The van der Waals surface area contributed by atoms with Gasteiger partial charge in [-0.3, -0.25) is 19.8 Å². The molecule has 1 fully saturated rings. The van der Waals surface area contributed by atoms with Gasteiger partial charge in [0.05, 0.1) is 23.0 Å². The third kappa shape index (κ3) is 4.81. The Balaban J connectivity index is 1.54. The van der Waals surface area contributed by atoms with Crippen molar-refractivity contribution in [3.05, 3.63) is 154 Å². The Hall–Kier alpha value is -4.35. The van der Waals surface area contributed by atoms with E-state index in [1.807, 2.05) is 72.8 Å². The van der Waals surface area contributed by atoms with Crippen LogP contribution in [0.4, 0.5) is 5.69 Å². The highest BCUT2D eigenvalue weighted by Crippen LogP contribution is 2.52. The van der Waals surface area contributed by atoms with Crippen molar-refractivity contribution >= 4 is 17.5 Å². The second-order valence-corrected chi connectivity index (χ2v) is 8.56. The maximum atomic E-state index is 13.5. The van der Waals surface area contributed by atoms with Gasteiger partial charge in [0.25, 0.3) is 5.69 Å². The summed E-state index contributed by atoms with van der Waals surface area (Å²) in [6.45, 7) is 0. The molecule has 0 spiro atoms. The van der Waals surface area contributed by atoms with E-state index in [0.717, 1.165) is 22.3 Å². The smallest absolute Gasteiger partial charge is 0.269 e. The summed E-state index contributed by atoms with van der Waals surface area (Å²) in [7, 11) is 0. The fourth-order valence-corrected chi connectivity index (χ4v) is 4.67. The van der Waals surface area contributed by atoms with E-state index in [1.165, 1.54) is 12.1 Å².